The summed E-state index contributed by atoms with van der Waals surface area (Å²) in [7, 11) is 0. The van der Waals surface area contributed by atoms with Crippen LogP contribution in [0.25, 0.3) is 5.76 Å². The minimum absolute atomic E-state index is 0.199. The van der Waals surface area contributed by atoms with Gasteiger partial charge in [0.05, 0.1) is 5.56 Å². The molecule has 0 saturated heterocycles. The number of carboxylic acids is 1. The molecule has 0 aliphatic carbocycles. The maximum absolute atomic E-state index is 11.1. The zero-order valence-electron chi connectivity index (χ0n) is 22.4. The first kappa shape index (κ1) is 33.5. The van der Waals surface area contributed by atoms with Crippen molar-refractivity contribution in [1.82, 2.24) is 5.16 Å². The highest BCUT2D eigenvalue weighted by molar-refractivity contribution is 5.96. The molecule has 0 aliphatic heterocycles. The molecule has 0 radical (unpaired) electrons. The van der Waals surface area contributed by atoms with E-state index in [-0.39, 0.29) is 11.3 Å². The maximum Gasteiger partial charge on any atom is 0.375 e. The number of benzene rings is 2. The van der Waals surface area contributed by atoms with Gasteiger partial charge in [-0.3, -0.25) is 29.7 Å². The highest BCUT2D eigenvalue weighted by Crippen LogP contribution is 2.23. The van der Waals surface area contributed by atoms with Crippen molar-refractivity contribution in [2.45, 2.75) is 33.6 Å². The Morgan fingerprint density at radius 2 is 1.24 bits per heavy atom. The normalized spacial score (nSPS) is 10.7. The number of nitrogens with one attached hydrogen (secondary N) is 1. The van der Waals surface area contributed by atoms with Crippen LogP contribution < -0.4 is 11.3 Å². The van der Waals surface area contributed by atoms with Crippen LogP contribution >= 0.6 is 0 Å². The number of aromatic amines is 1. The fourth-order valence-electron chi connectivity index (χ4n) is 2.76. The van der Waals surface area contributed by atoms with Gasteiger partial charge in [0.25, 0.3) is 11.3 Å². The second-order valence-corrected chi connectivity index (χ2v) is 7.62. The van der Waals surface area contributed by atoms with E-state index < -0.39 is 41.5 Å². The molecule has 0 atom stereocenters. The molecule has 14 nitrogen and oxygen atoms in total. The van der Waals surface area contributed by atoms with Crippen LogP contribution in [-0.2, 0) is 48.8 Å². The largest absolute Gasteiger partial charge is 0.475 e. The summed E-state index contributed by atoms with van der Waals surface area (Å²) in [5.74, 6) is -7.21. The van der Waals surface area contributed by atoms with Crippen molar-refractivity contribution < 1.29 is 52.5 Å². The molecular weight excluding hydrogens is 544 g/mol. The third-order valence-electron chi connectivity index (χ3n) is 4.14. The zero-order chi connectivity index (χ0) is 31.0. The first-order valence-corrected chi connectivity index (χ1v) is 11.5. The summed E-state index contributed by atoms with van der Waals surface area (Å²) in [6.07, 6.45) is 1.29. The lowest BCUT2D eigenvalue weighted by Crippen LogP contribution is -2.45. The number of hydrogen-bond acceptors (Lipinski definition) is 12. The number of nitrogens with two attached hydrogens (primary N) is 1. The van der Waals surface area contributed by atoms with E-state index in [1.54, 1.807) is 48.5 Å². The molecule has 14 heteroatoms. The number of carboxylic acid groups (broad SMARTS) is 1. The number of esters is 4. The first-order valence-electron chi connectivity index (χ1n) is 11.5. The topological polar surface area (TPSA) is 215 Å². The smallest absolute Gasteiger partial charge is 0.375 e. The van der Waals surface area contributed by atoms with Gasteiger partial charge in [-0.15, -0.1) is 0 Å². The molecule has 41 heavy (non-hydrogen) atoms. The molecule has 0 saturated carbocycles. The number of aliphatic carboxylic acids is 1. The van der Waals surface area contributed by atoms with Crippen molar-refractivity contribution in [3.63, 3.8) is 0 Å². The van der Waals surface area contributed by atoms with Crippen molar-refractivity contribution in [1.29, 1.82) is 0 Å². The van der Waals surface area contributed by atoms with E-state index >= 15 is 0 Å². The Kier molecular flexibility index (Phi) is 13.5. The van der Waals surface area contributed by atoms with Crippen molar-refractivity contribution in [2.75, 3.05) is 0 Å². The predicted octanol–water partition coefficient (Wildman–Crippen LogP) is 2.42. The molecule has 0 bridgehead atoms. The van der Waals surface area contributed by atoms with E-state index in [4.69, 9.17) is 25.1 Å². The standard InChI is InChI=1S/C13H12O6.C11H13NO4.C3H3NO2/c1-8(14)18-11(10-6-4-3-5-7-10)12(13(16)17)19-9(2)15;1-8(13)15-11(12,16-9(2)14)10-6-4-3-5-7-10;5-3-1-2-6-4-3/h3-7H,1-2H3,(H,16,17);3-7H,12H2,1-2H3;1-2H,(H,4,5). The van der Waals surface area contributed by atoms with Gasteiger partial charge in [0.2, 0.25) is 0 Å². The van der Waals surface area contributed by atoms with E-state index in [1.807, 2.05) is 0 Å². The lowest BCUT2D eigenvalue weighted by Gasteiger charge is -2.27. The molecule has 218 valence electrons. The van der Waals surface area contributed by atoms with Gasteiger partial charge in [0.15, 0.2) is 5.76 Å². The van der Waals surface area contributed by atoms with Gasteiger partial charge >= 0.3 is 35.8 Å². The minimum atomic E-state index is -1.86. The zero-order valence-corrected chi connectivity index (χ0v) is 22.4. The lowest BCUT2D eigenvalue weighted by atomic mass is 10.1. The molecule has 0 amide bonds. The fourth-order valence-corrected chi connectivity index (χ4v) is 2.76. The summed E-state index contributed by atoms with van der Waals surface area (Å²) >= 11 is 0. The van der Waals surface area contributed by atoms with Crippen LogP contribution in [0.4, 0.5) is 0 Å². The summed E-state index contributed by atoms with van der Waals surface area (Å²) in [5, 5.41) is 11.1. The SMILES string of the molecule is CC(=O)OC(C(=O)O)=C(OC(C)=O)c1ccccc1.CC(=O)OC(N)(OC(C)=O)c1ccccc1.O=c1cco[nH]1. The van der Waals surface area contributed by atoms with Crippen molar-refractivity contribution in [3.8, 4) is 0 Å². The van der Waals surface area contributed by atoms with E-state index in [0.29, 0.717) is 11.1 Å². The lowest BCUT2D eigenvalue weighted by molar-refractivity contribution is -0.230. The van der Waals surface area contributed by atoms with Crippen LogP contribution in [0, 0.1) is 0 Å². The molecule has 2 aromatic carbocycles. The second-order valence-electron chi connectivity index (χ2n) is 7.62. The van der Waals surface area contributed by atoms with E-state index in [2.05, 4.69) is 14.4 Å². The van der Waals surface area contributed by atoms with Gasteiger partial charge < -0.3 is 28.6 Å². The molecule has 0 aliphatic rings. The van der Waals surface area contributed by atoms with Gasteiger partial charge in [-0.05, 0) is 12.1 Å². The summed E-state index contributed by atoms with van der Waals surface area (Å²) in [6.45, 7) is 4.55. The molecule has 3 aromatic rings. The number of carbonyl (C=O) groups excluding carboxylic acids is 4. The van der Waals surface area contributed by atoms with Crippen LogP contribution in [-0.4, -0.2) is 40.1 Å². The second kappa shape index (κ2) is 16.5. The van der Waals surface area contributed by atoms with E-state index in [1.165, 1.54) is 38.3 Å². The summed E-state index contributed by atoms with van der Waals surface area (Å²) in [6, 6.07) is 17.7. The monoisotopic (exact) mass is 572 g/mol. The molecule has 1 heterocycles. The van der Waals surface area contributed by atoms with Crippen LogP contribution in [0.5, 0.6) is 0 Å². The van der Waals surface area contributed by atoms with Gasteiger partial charge in [-0.25, -0.2) is 4.79 Å². The maximum atomic E-state index is 11.1. The van der Waals surface area contributed by atoms with Crippen LogP contribution in [0.2, 0.25) is 0 Å². The number of hydrogen-bond donors (Lipinski definition) is 3. The summed E-state index contributed by atoms with van der Waals surface area (Å²) < 4.78 is 23.4. The van der Waals surface area contributed by atoms with Crippen LogP contribution in [0.1, 0.15) is 38.8 Å². The van der Waals surface area contributed by atoms with Crippen LogP contribution in [0.3, 0.4) is 0 Å². The van der Waals surface area contributed by atoms with E-state index in [0.717, 1.165) is 13.8 Å². The number of rotatable bonds is 7. The molecule has 0 fully saturated rings. The van der Waals surface area contributed by atoms with Gasteiger partial charge in [0, 0.05) is 39.3 Å². The van der Waals surface area contributed by atoms with Gasteiger partial charge in [-0.1, -0.05) is 48.5 Å². The molecule has 4 N–H and O–H groups in total. The van der Waals surface area contributed by atoms with Crippen molar-refractivity contribution in [3.05, 3.63) is 100 Å². The average molecular weight is 573 g/mol. The number of H-pyrrole nitrogens is 1. The van der Waals surface area contributed by atoms with Crippen molar-refractivity contribution >= 4 is 35.6 Å². The Labute approximate surface area is 233 Å². The third-order valence-corrected chi connectivity index (χ3v) is 4.14. The van der Waals surface area contributed by atoms with Gasteiger partial charge in [-0.2, -0.15) is 5.16 Å². The quantitative estimate of drug-likeness (QED) is 0.122. The molecule has 0 spiro atoms. The molecular formula is C27H28N2O12. The Balaban J connectivity index is 0.000000343. The Hall–Kier alpha value is -5.50. The number of ether oxygens (including phenoxy) is 4. The Morgan fingerprint density at radius 3 is 1.59 bits per heavy atom. The number of carbonyl (C=O) groups is 5. The molecule has 1 aromatic heterocycles. The average Bonchev–Trinajstić information content (AvgIpc) is 3.37. The Bertz CT molecular complexity index is 1380. The summed E-state index contributed by atoms with van der Waals surface area (Å²) in [5.41, 5.74) is 6.24. The van der Waals surface area contributed by atoms with E-state index in [9.17, 15) is 28.8 Å². The Morgan fingerprint density at radius 1 is 0.756 bits per heavy atom. The number of aromatic nitrogens is 1. The van der Waals surface area contributed by atoms with Crippen molar-refractivity contribution in [2.24, 2.45) is 5.73 Å². The molecule has 3 rings (SSSR count). The molecule has 0 unspecified atom stereocenters. The van der Waals surface area contributed by atoms with Gasteiger partial charge in [0.1, 0.15) is 6.26 Å². The predicted molar refractivity (Wildman–Crippen MR) is 140 cm³/mol. The van der Waals surface area contributed by atoms with Crippen LogP contribution in [0.15, 0.2) is 88.1 Å². The first-order chi connectivity index (χ1) is 19.2. The highest BCUT2D eigenvalue weighted by atomic mass is 16.7. The summed E-state index contributed by atoms with van der Waals surface area (Å²) in [4.78, 5) is 64.8. The fraction of sp³-hybridized carbons (Fsp3) is 0.185. The highest BCUT2D eigenvalue weighted by Gasteiger charge is 2.34. The third kappa shape index (κ3) is 12.7. The minimum Gasteiger partial charge on any atom is -0.475 e.